The molecular formula is C17H20ClFN2. The lowest BCUT2D eigenvalue weighted by atomic mass is 10.1. The van der Waals surface area contributed by atoms with Crippen molar-refractivity contribution in [3.05, 3.63) is 58.9 Å². The Morgan fingerprint density at radius 3 is 2.52 bits per heavy atom. The van der Waals surface area contributed by atoms with E-state index in [-0.39, 0.29) is 11.9 Å². The minimum absolute atomic E-state index is 0.0964. The lowest BCUT2D eigenvalue weighted by Gasteiger charge is -2.23. The Morgan fingerprint density at radius 1 is 1.14 bits per heavy atom. The molecule has 1 atom stereocenters. The minimum Gasteiger partial charge on any atom is -0.381 e. The maximum atomic E-state index is 13.7. The fraction of sp³-hybridized carbons (Fsp3) is 0.294. The van der Waals surface area contributed by atoms with Gasteiger partial charge in [0.25, 0.3) is 0 Å². The Labute approximate surface area is 130 Å². The topological polar surface area (TPSA) is 15.3 Å². The Hall–Kier alpha value is -1.74. The highest BCUT2D eigenvalue weighted by Gasteiger charge is 2.12. The van der Waals surface area contributed by atoms with Crippen LogP contribution in [0.5, 0.6) is 0 Å². The third kappa shape index (κ3) is 3.88. The van der Waals surface area contributed by atoms with Crippen LogP contribution in [0.25, 0.3) is 0 Å². The zero-order chi connectivity index (χ0) is 15.4. The number of halogens is 2. The van der Waals surface area contributed by atoms with Gasteiger partial charge in [0.15, 0.2) is 0 Å². The second-order valence-electron chi connectivity index (χ2n) is 5.37. The van der Waals surface area contributed by atoms with Gasteiger partial charge in [-0.3, -0.25) is 0 Å². The average Bonchev–Trinajstić information content (AvgIpc) is 2.41. The molecule has 0 aliphatic rings. The van der Waals surface area contributed by atoms with Crippen LogP contribution in [-0.4, -0.2) is 20.1 Å². The van der Waals surface area contributed by atoms with Crippen molar-refractivity contribution < 1.29 is 4.39 Å². The van der Waals surface area contributed by atoms with Crippen molar-refractivity contribution in [3.8, 4) is 0 Å². The zero-order valence-corrected chi connectivity index (χ0v) is 13.3. The lowest BCUT2D eigenvalue weighted by molar-refractivity contribution is 0.601. The number of nitrogens with zero attached hydrogens (tertiary/aromatic N) is 1. The first-order valence-electron chi connectivity index (χ1n) is 6.95. The van der Waals surface area contributed by atoms with E-state index in [0.29, 0.717) is 17.0 Å². The van der Waals surface area contributed by atoms with Gasteiger partial charge in [0, 0.05) is 20.1 Å². The molecular weight excluding hydrogens is 287 g/mol. The quantitative estimate of drug-likeness (QED) is 0.869. The molecule has 0 fully saturated rings. The van der Waals surface area contributed by atoms with Crippen LogP contribution in [0.2, 0.25) is 5.02 Å². The molecule has 2 nitrogen and oxygen atoms in total. The summed E-state index contributed by atoms with van der Waals surface area (Å²) < 4.78 is 13.7. The Bertz CT molecular complexity index is 613. The molecule has 4 heteroatoms. The summed E-state index contributed by atoms with van der Waals surface area (Å²) in [6.45, 7) is 2.03. The Kier molecular flexibility index (Phi) is 5.07. The number of para-hydroxylation sites is 1. The van der Waals surface area contributed by atoms with E-state index in [1.807, 2.05) is 56.3 Å². The summed E-state index contributed by atoms with van der Waals surface area (Å²) in [5.74, 6) is -0.162. The van der Waals surface area contributed by atoms with Gasteiger partial charge in [-0.05, 0) is 37.1 Å². The first-order valence-corrected chi connectivity index (χ1v) is 7.32. The Balaban J connectivity index is 2.15. The number of anilines is 2. The van der Waals surface area contributed by atoms with Crippen molar-refractivity contribution in [2.45, 2.75) is 19.4 Å². The van der Waals surface area contributed by atoms with Crippen LogP contribution in [0.15, 0.2) is 42.5 Å². The molecule has 2 aromatic carbocycles. The first kappa shape index (κ1) is 15.6. The van der Waals surface area contributed by atoms with E-state index in [1.54, 1.807) is 6.07 Å². The van der Waals surface area contributed by atoms with Crippen molar-refractivity contribution in [1.82, 2.24) is 0 Å². The third-order valence-electron chi connectivity index (χ3n) is 3.32. The Morgan fingerprint density at radius 2 is 1.86 bits per heavy atom. The summed E-state index contributed by atoms with van der Waals surface area (Å²) in [5, 5.41) is 4.11. The van der Waals surface area contributed by atoms with Gasteiger partial charge in [0.2, 0.25) is 0 Å². The molecule has 0 radical (unpaired) electrons. The number of rotatable bonds is 5. The second-order valence-corrected chi connectivity index (χ2v) is 5.78. The third-order valence-corrected chi connectivity index (χ3v) is 3.62. The van der Waals surface area contributed by atoms with E-state index in [1.165, 1.54) is 6.07 Å². The van der Waals surface area contributed by atoms with Crippen LogP contribution in [0.1, 0.15) is 12.5 Å². The molecule has 2 rings (SSSR count). The molecule has 21 heavy (non-hydrogen) atoms. The molecule has 0 amide bonds. The van der Waals surface area contributed by atoms with E-state index in [2.05, 4.69) is 5.32 Å². The van der Waals surface area contributed by atoms with Gasteiger partial charge in [-0.2, -0.15) is 0 Å². The number of hydrogen-bond acceptors (Lipinski definition) is 2. The van der Waals surface area contributed by atoms with Crippen LogP contribution < -0.4 is 10.2 Å². The highest BCUT2D eigenvalue weighted by molar-refractivity contribution is 6.34. The highest BCUT2D eigenvalue weighted by Crippen LogP contribution is 2.33. The van der Waals surface area contributed by atoms with Gasteiger partial charge in [-0.1, -0.05) is 35.9 Å². The van der Waals surface area contributed by atoms with Crippen molar-refractivity contribution in [3.63, 3.8) is 0 Å². The smallest absolute Gasteiger partial charge is 0.126 e. The van der Waals surface area contributed by atoms with E-state index in [0.717, 1.165) is 11.4 Å². The monoisotopic (exact) mass is 306 g/mol. The number of benzene rings is 2. The van der Waals surface area contributed by atoms with Crippen LogP contribution in [0.3, 0.4) is 0 Å². The molecule has 112 valence electrons. The minimum atomic E-state index is -0.162. The van der Waals surface area contributed by atoms with E-state index in [9.17, 15) is 4.39 Å². The standard InChI is InChI=1S/C17H20ClFN2/c1-12(11-13-7-4-5-9-15(13)19)20-16-10-6-8-14(18)17(16)21(2)3/h4-10,12,20H,11H2,1-3H3. The summed E-state index contributed by atoms with van der Waals surface area (Å²) in [6.07, 6.45) is 0.617. The van der Waals surface area contributed by atoms with Crippen molar-refractivity contribution in [1.29, 1.82) is 0 Å². The summed E-state index contributed by atoms with van der Waals surface area (Å²) in [6, 6.07) is 12.7. The molecule has 0 bridgehead atoms. The van der Waals surface area contributed by atoms with Gasteiger partial charge in [-0.25, -0.2) is 4.39 Å². The van der Waals surface area contributed by atoms with E-state index < -0.39 is 0 Å². The molecule has 0 heterocycles. The molecule has 2 aromatic rings. The van der Waals surface area contributed by atoms with Crippen LogP contribution in [-0.2, 0) is 6.42 Å². The summed E-state index contributed by atoms with van der Waals surface area (Å²) in [5.41, 5.74) is 2.61. The zero-order valence-electron chi connectivity index (χ0n) is 12.5. The fourth-order valence-electron chi connectivity index (χ4n) is 2.40. The molecule has 0 saturated heterocycles. The molecule has 0 aliphatic carbocycles. The molecule has 0 aromatic heterocycles. The van der Waals surface area contributed by atoms with Crippen molar-refractivity contribution >= 4 is 23.0 Å². The molecule has 0 saturated carbocycles. The molecule has 1 unspecified atom stereocenters. The van der Waals surface area contributed by atoms with E-state index >= 15 is 0 Å². The second kappa shape index (κ2) is 6.81. The SMILES string of the molecule is CC(Cc1ccccc1F)Nc1cccc(Cl)c1N(C)C. The normalized spacial score (nSPS) is 12.0. The van der Waals surface area contributed by atoms with Gasteiger partial charge in [-0.15, -0.1) is 0 Å². The maximum absolute atomic E-state index is 13.7. The summed E-state index contributed by atoms with van der Waals surface area (Å²) in [7, 11) is 3.90. The number of nitrogens with one attached hydrogen (secondary N) is 1. The van der Waals surface area contributed by atoms with Gasteiger partial charge in [0.05, 0.1) is 16.4 Å². The van der Waals surface area contributed by atoms with Gasteiger partial charge < -0.3 is 10.2 Å². The molecule has 1 N–H and O–H groups in total. The molecule has 0 aliphatic heterocycles. The number of hydrogen-bond donors (Lipinski definition) is 1. The average molecular weight is 307 g/mol. The van der Waals surface area contributed by atoms with Crippen molar-refractivity contribution in [2.24, 2.45) is 0 Å². The largest absolute Gasteiger partial charge is 0.381 e. The van der Waals surface area contributed by atoms with Gasteiger partial charge in [0.1, 0.15) is 5.82 Å². The van der Waals surface area contributed by atoms with Crippen LogP contribution in [0.4, 0.5) is 15.8 Å². The van der Waals surface area contributed by atoms with Crippen molar-refractivity contribution in [2.75, 3.05) is 24.3 Å². The van der Waals surface area contributed by atoms with Crippen LogP contribution >= 0.6 is 11.6 Å². The van der Waals surface area contributed by atoms with E-state index in [4.69, 9.17) is 11.6 Å². The maximum Gasteiger partial charge on any atom is 0.126 e. The first-order chi connectivity index (χ1) is 9.99. The highest BCUT2D eigenvalue weighted by atomic mass is 35.5. The lowest BCUT2D eigenvalue weighted by Crippen LogP contribution is -2.21. The predicted molar refractivity (Wildman–Crippen MR) is 89.0 cm³/mol. The molecule has 0 spiro atoms. The fourth-order valence-corrected chi connectivity index (χ4v) is 2.74. The van der Waals surface area contributed by atoms with Gasteiger partial charge >= 0.3 is 0 Å². The van der Waals surface area contributed by atoms with Crippen LogP contribution in [0, 0.1) is 5.82 Å². The predicted octanol–water partition coefficient (Wildman–Crippen LogP) is 4.59. The summed E-state index contributed by atoms with van der Waals surface area (Å²) >= 11 is 6.25. The summed E-state index contributed by atoms with van der Waals surface area (Å²) in [4.78, 5) is 1.97.